The molecule has 0 saturated carbocycles. The number of carbonyl (C=O) groups excluding carboxylic acids is 1. The van der Waals surface area contributed by atoms with Crippen molar-refractivity contribution in [2.24, 2.45) is 0 Å². The van der Waals surface area contributed by atoms with Crippen molar-refractivity contribution in [2.75, 3.05) is 6.61 Å². The van der Waals surface area contributed by atoms with Crippen LogP contribution in [0.1, 0.15) is 19.4 Å². The topological polar surface area (TPSA) is 26.3 Å². The molecule has 1 rings (SSSR count). The molecule has 0 spiro atoms. The summed E-state index contributed by atoms with van der Waals surface area (Å²) in [5, 5.41) is -0.147. The fraction of sp³-hybridized carbons (Fsp3) is 0.417. The van der Waals surface area contributed by atoms with Crippen LogP contribution in [0.3, 0.4) is 0 Å². The Bertz CT molecular complexity index is 336. The molecule has 0 fully saturated rings. The fourth-order valence-corrected chi connectivity index (χ4v) is 2.14. The Morgan fingerprint density at radius 1 is 1.47 bits per heavy atom. The summed E-state index contributed by atoms with van der Waals surface area (Å²) in [6.07, 6.45) is 0. The van der Waals surface area contributed by atoms with Gasteiger partial charge in [0.25, 0.3) is 0 Å². The summed E-state index contributed by atoms with van der Waals surface area (Å²) in [7, 11) is 0. The van der Waals surface area contributed by atoms with Gasteiger partial charge in [0.1, 0.15) is 5.25 Å². The Morgan fingerprint density at radius 2 is 2.13 bits per heavy atom. The molecule has 82 valence electrons. The van der Waals surface area contributed by atoms with E-state index in [0.29, 0.717) is 6.61 Å². The Hall–Kier alpha value is -0.960. The molecule has 1 atom stereocenters. The molecule has 0 aliphatic carbocycles. The quantitative estimate of drug-likeness (QED) is 0.581. The average Bonchev–Trinajstić information content (AvgIpc) is 2.21. The van der Waals surface area contributed by atoms with Crippen molar-refractivity contribution < 1.29 is 9.53 Å². The minimum atomic E-state index is -0.147. The molecule has 0 N–H and O–H groups in total. The van der Waals surface area contributed by atoms with Crippen LogP contribution in [0.2, 0.25) is 0 Å². The van der Waals surface area contributed by atoms with Gasteiger partial charge in [0, 0.05) is 4.90 Å². The van der Waals surface area contributed by atoms with E-state index in [1.54, 1.807) is 11.8 Å². The van der Waals surface area contributed by atoms with Crippen LogP contribution in [0.4, 0.5) is 0 Å². The molecule has 0 radical (unpaired) electrons. The van der Waals surface area contributed by atoms with Crippen LogP contribution in [0.15, 0.2) is 29.2 Å². The maximum atomic E-state index is 11.4. The lowest BCUT2D eigenvalue weighted by atomic mass is 10.2. The van der Waals surface area contributed by atoms with E-state index in [2.05, 4.69) is 0 Å². The van der Waals surface area contributed by atoms with Gasteiger partial charge in [-0.2, -0.15) is 0 Å². The lowest BCUT2D eigenvalue weighted by molar-refractivity contribution is -0.142. The van der Waals surface area contributed by atoms with Gasteiger partial charge < -0.3 is 4.74 Å². The second-order valence-electron chi connectivity index (χ2n) is 3.28. The molecule has 0 aliphatic rings. The Morgan fingerprint density at radius 3 is 2.73 bits per heavy atom. The molecule has 1 unspecified atom stereocenters. The van der Waals surface area contributed by atoms with Crippen LogP contribution >= 0.6 is 11.8 Å². The van der Waals surface area contributed by atoms with E-state index in [4.69, 9.17) is 4.74 Å². The minimum Gasteiger partial charge on any atom is -0.465 e. The van der Waals surface area contributed by atoms with Crippen molar-refractivity contribution in [1.29, 1.82) is 0 Å². The first-order valence-corrected chi connectivity index (χ1v) is 5.92. The van der Waals surface area contributed by atoms with Gasteiger partial charge in [-0.1, -0.05) is 18.2 Å². The third-order valence-electron chi connectivity index (χ3n) is 2.02. The van der Waals surface area contributed by atoms with Gasteiger partial charge in [-0.3, -0.25) is 4.79 Å². The molecule has 0 aliphatic heterocycles. The van der Waals surface area contributed by atoms with Crippen LogP contribution in [-0.4, -0.2) is 17.8 Å². The molecule has 2 nitrogen and oxygen atoms in total. The maximum absolute atomic E-state index is 11.4. The molecular formula is C12H16O2S. The largest absolute Gasteiger partial charge is 0.465 e. The number of hydrogen-bond donors (Lipinski definition) is 0. The predicted molar refractivity (Wildman–Crippen MR) is 63.1 cm³/mol. The Kier molecular flexibility index (Phi) is 4.69. The first kappa shape index (κ1) is 12.1. The second kappa shape index (κ2) is 5.81. The van der Waals surface area contributed by atoms with Crippen molar-refractivity contribution in [1.82, 2.24) is 0 Å². The first-order chi connectivity index (χ1) is 7.15. The summed E-state index contributed by atoms with van der Waals surface area (Å²) < 4.78 is 4.96. The SMILES string of the molecule is CCOC(=O)C(C)Sc1ccccc1C. The normalized spacial score (nSPS) is 12.2. The molecule has 1 aromatic rings. The van der Waals surface area contributed by atoms with Crippen LogP contribution in [-0.2, 0) is 9.53 Å². The smallest absolute Gasteiger partial charge is 0.319 e. The van der Waals surface area contributed by atoms with Gasteiger partial charge in [-0.25, -0.2) is 0 Å². The number of ether oxygens (including phenoxy) is 1. The maximum Gasteiger partial charge on any atom is 0.319 e. The van der Waals surface area contributed by atoms with Gasteiger partial charge >= 0.3 is 5.97 Å². The highest BCUT2D eigenvalue weighted by molar-refractivity contribution is 8.00. The van der Waals surface area contributed by atoms with E-state index >= 15 is 0 Å². The van der Waals surface area contributed by atoms with Gasteiger partial charge in [-0.15, -0.1) is 11.8 Å². The molecule has 15 heavy (non-hydrogen) atoms. The van der Waals surface area contributed by atoms with E-state index in [-0.39, 0.29) is 11.2 Å². The number of rotatable bonds is 4. The standard InChI is InChI=1S/C12H16O2S/c1-4-14-12(13)10(3)15-11-8-6-5-7-9(11)2/h5-8,10H,4H2,1-3H3. The summed E-state index contributed by atoms with van der Waals surface area (Å²) in [6.45, 7) is 6.18. The molecule has 0 heterocycles. The number of aryl methyl sites for hydroxylation is 1. The van der Waals surface area contributed by atoms with Crippen LogP contribution in [0.5, 0.6) is 0 Å². The summed E-state index contributed by atoms with van der Waals surface area (Å²) in [5.74, 6) is -0.147. The Labute approximate surface area is 95.0 Å². The zero-order valence-corrected chi connectivity index (χ0v) is 10.1. The van der Waals surface area contributed by atoms with Crippen LogP contribution < -0.4 is 0 Å². The van der Waals surface area contributed by atoms with E-state index in [1.165, 1.54) is 5.56 Å². The average molecular weight is 224 g/mol. The molecule has 0 amide bonds. The zero-order valence-electron chi connectivity index (χ0n) is 9.32. The zero-order chi connectivity index (χ0) is 11.3. The van der Waals surface area contributed by atoms with Crippen molar-refractivity contribution in [3.05, 3.63) is 29.8 Å². The monoisotopic (exact) mass is 224 g/mol. The molecule has 0 aromatic heterocycles. The summed E-state index contributed by atoms with van der Waals surface area (Å²) in [4.78, 5) is 12.6. The van der Waals surface area contributed by atoms with Crippen molar-refractivity contribution in [3.63, 3.8) is 0 Å². The lowest BCUT2D eigenvalue weighted by Gasteiger charge is -2.11. The molecular weight excluding hydrogens is 208 g/mol. The minimum absolute atomic E-state index is 0.147. The first-order valence-electron chi connectivity index (χ1n) is 5.04. The predicted octanol–water partition coefficient (Wildman–Crippen LogP) is 3.04. The highest BCUT2D eigenvalue weighted by atomic mass is 32.2. The fourth-order valence-electron chi connectivity index (χ4n) is 1.19. The summed E-state index contributed by atoms with van der Waals surface area (Å²) in [6, 6.07) is 8.04. The molecule has 0 saturated heterocycles. The van der Waals surface area contributed by atoms with Crippen LogP contribution in [0.25, 0.3) is 0 Å². The van der Waals surface area contributed by atoms with E-state index in [0.717, 1.165) is 4.90 Å². The molecule has 1 aromatic carbocycles. The highest BCUT2D eigenvalue weighted by Gasteiger charge is 2.15. The second-order valence-corrected chi connectivity index (χ2v) is 4.66. The number of carbonyl (C=O) groups is 1. The van der Waals surface area contributed by atoms with E-state index in [9.17, 15) is 4.79 Å². The van der Waals surface area contributed by atoms with Crippen LogP contribution in [0, 0.1) is 6.92 Å². The Balaban J connectivity index is 2.62. The summed E-state index contributed by atoms with van der Waals surface area (Å²) >= 11 is 1.54. The number of hydrogen-bond acceptors (Lipinski definition) is 3. The molecule has 3 heteroatoms. The highest BCUT2D eigenvalue weighted by Crippen LogP contribution is 2.26. The third-order valence-corrected chi connectivity index (χ3v) is 3.27. The summed E-state index contributed by atoms with van der Waals surface area (Å²) in [5.41, 5.74) is 1.19. The van der Waals surface area contributed by atoms with E-state index in [1.807, 2.05) is 45.0 Å². The number of thioether (sulfide) groups is 1. The number of esters is 1. The molecule has 0 bridgehead atoms. The van der Waals surface area contributed by atoms with Crippen molar-refractivity contribution in [2.45, 2.75) is 30.9 Å². The van der Waals surface area contributed by atoms with Gasteiger partial charge in [0.05, 0.1) is 6.61 Å². The lowest BCUT2D eigenvalue weighted by Crippen LogP contribution is -2.16. The van der Waals surface area contributed by atoms with Gasteiger partial charge in [0.2, 0.25) is 0 Å². The number of benzene rings is 1. The third kappa shape index (κ3) is 3.59. The van der Waals surface area contributed by atoms with Gasteiger partial charge in [-0.05, 0) is 32.4 Å². The van der Waals surface area contributed by atoms with Gasteiger partial charge in [0.15, 0.2) is 0 Å². The van der Waals surface area contributed by atoms with E-state index < -0.39 is 0 Å². The van der Waals surface area contributed by atoms with Crippen molar-refractivity contribution >= 4 is 17.7 Å². The van der Waals surface area contributed by atoms with Crippen molar-refractivity contribution in [3.8, 4) is 0 Å².